The maximum Gasteiger partial charge on any atom is 0.297 e. The van der Waals surface area contributed by atoms with Crippen molar-refractivity contribution in [1.29, 1.82) is 0 Å². The summed E-state index contributed by atoms with van der Waals surface area (Å²) in [6.45, 7) is 7.63. The van der Waals surface area contributed by atoms with E-state index in [2.05, 4.69) is 26.6 Å². The molecule has 148 valence electrons. The number of hydrogen-bond acceptors (Lipinski definition) is 5. The van der Waals surface area contributed by atoms with E-state index >= 15 is 0 Å². The van der Waals surface area contributed by atoms with Crippen molar-refractivity contribution in [3.63, 3.8) is 0 Å². The molecule has 0 aliphatic carbocycles. The normalized spacial score (nSPS) is 12.4. The lowest BCUT2D eigenvalue weighted by molar-refractivity contribution is -0.122. The summed E-state index contributed by atoms with van der Waals surface area (Å²) in [4.78, 5) is 30.1. The molecule has 29 heavy (non-hydrogen) atoms. The van der Waals surface area contributed by atoms with Gasteiger partial charge in [0.25, 0.3) is 5.56 Å². The Hall–Kier alpha value is -3.55. The highest BCUT2D eigenvalue weighted by atomic mass is 16.2. The molecule has 0 spiro atoms. The fraction of sp³-hybridized carbons (Fsp3) is 0.286. The van der Waals surface area contributed by atoms with Crippen LogP contribution in [-0.2, 0) is 11.3 Å². The zero-order chi connectivity index (χ0) is 20.7. The number of benzene rings is 1. The van der Waals surface area contributed by atoms with Crippen LogP contribution >= 0.6 is 0 Å². The molecule has 0 aliphatic rings. The Morgan fingerprint density at radius 3 is 2.69 bits per heavy atom. The number of carbonyl (C=O) groups excluding carboxylic acids is 1. The monoisotopic (exact) mass is 390 g/mol. The highest BCUT2D eigenvalue weighted by Crippen LogP contribution is 2.19. The van der Waals surface area contributed by atoms with E-state index in [1.54, 1.807) is 29.7 Å². The third kappa shape index (κ3) is 3.26. The van der Waals surface area contributed by atoms with Crippen LogP contribution < -0.4 is 10.9 Å². The van der Waals surface area contributed by atoms with Gasteiger partial charge in [-0.1, -0.05) is 23.8 Å². The number of rotatable bonds is 4. The first-order chi connectivity index (χ1) is 13.9. The second-order valence-electron chi connectivity index (χ2n) is 7.29. The molecular weight excluding hydrogens is 368 g/mol. The molecule has 0 aliphatic heterocycles. The van der Waals surface area contributed by atoms with Crippen molar-refractivity contribution in [3.8, 4) is 0 Å². The topological polar surface area (TPSA) is 94.2 Å². The van der Waals surface area contributed by atoms with Crippen LogP contribution in [-0.4, -0.2) is 30.1 Å². The Morgan fingerprint density at radius 2 is 1.93 bits per heavy atom. The summed E-state index contributed by atoms with van der Waals surface area (Å²) in [5.41, 5.74) is 4.22. The number of hydrogen-bond donors (Lipinski definition) is 1. The molecular formula is C21H22N6O2. The van der Waals surface area contributed by atoms with Crippen molar-refractivity contribution in [1.82, 2.24) is 29.5 Å². The SMILES string of the molecule is Cc1ccc([C@@H](C)NC(=O)Cn2c(=O)c3nnc(C)n3c3ncccc32)c(C)c1. The Kier molecular flexibility index (Phi) is 4.62. The number of nitrogens with one attached hydrogen (secondary N) is 1. The molecule has 0 radical (unpaired) electrons. The first kappa shape index (κ1) is 18.8. The van der Waals surface area contributed by atoms with Gasteiger partial charge in [-0.25, -0.2) is 4.98 Å². The predicted octanol–water partition coefficient (Wildman–Crippen LogP) is 2.24. The first-order valence-corrected chi connectivity index (χ1v) is 9.42. The summed E-state index contributed by atoms with van der Waals surface area (Å²) < 4.78 is 3.01. The molecule has 4 aromatic rings. The zero-order valence-electron chi connectivity index (χ0n) is 16.8. The average Bonchev–Trinajstić information content (AvgIpc) is 3.07. The molecule has 0 saturated heterocycles. The molecule has 1 N–H and O–H groups in total. The number of carbonyl (C=O) groups is 1. The smallest absolute Gasteiger partial charge is 0.297 e. The van der Waals surface area contributed by atoms with Gasteiger partial charge >= 0.3 is 0 Å². The molecule has 0 saturated carbocycles. The van der Waals surface area contributed by atoms with Gasteiger partial charge in [0.15, 0.2) is 5.65 Å². The van der Waals surface area contributed by atoms with E-state index in [0.29, 0.717) is 17.0 Å². The number of amides is 1. The van der Waals surface area contributed by atoms with E-state index in [9.17, 15) is 9.59 Å². The predicted molar refractivity (Wildman–Crippen MR) is 110 cm³/mol. The van der Waals surface area contributed by atoms with Crippen molar-refractivity contribution in [3.05, 3.63) is 69.4 Å². The van der Waals surface area contributed by atoms with Crippen LogP contribution in [0.3, 0.4) is 0 Å². The molecule has 8 nitrogen and oxygen atoms in total. The minimum Gasteiger partial charge on any atom is -0.348 e. The van der Waals surface area contributed by atoms with Gasteiger partial charge in [0, 0.05) is 6.20 Å². The summed E-state index contributed by atoms with van der Waals surface area (Å²) in [7, 11) is 0. The van der Waals surface area contributed by atoms with Crippen molar-refractivity contribution in [2.45, 2.75) is 40.3 Å². The van der Waals surface area contributed by atoms with Crippen molar-refractivity contribution >= 4 is 22.7 Å². The van der Waals surface area contributed by atoms with Gasteiger partial charge in [0.1, 0.15) is 12.4 Å². The molecule has 3 heterocycles. The van der Waals surface area contributed by atoms with Crippen LogP contribution in [0.15, 0.2) is 41.3 Å². The maximum atomic E-state index is 13.0. The second kappa shape index (κ2) is 7.12. The Morgan fingerprint density at radius 1 is 1.14 bits per heavy atom. The summed E-state index contributed by atoms with van der Waals surface area (Å²) in [6.07, 6.45) is 1.64. The molecule has 3 aromatic heterocycles. The fourth-order valence-electron chi connectivity index (χ4n) is 3.73. The van der Waals surface area contributed by atoms with Gasteiger partial charge in [0.05, 0.1) is 11.6 Å². The van der Waals surface area contributed by atoms with Crippen LogP contribution in [0.4, 0.5) is 0 Å². The number of nitrogens with zero attached hydrogens (tertiary/aromatic N) is 5. The average molecular weight is 390 g/mol. The lowest BCUT2D eigenvalue weighted by Gasteiger charge is -2.18. The fourth-order valence-corrected chi connectivity index (χ4v) is 3.73. The van der Waals surface area contributed by atoms with Crippen molar-refractivity contribution in [2.75, 3.05) is 0 Å². The first-order valence-electron chi connectivity index (χ1n) is 9.42. The van der Waals surface area contributed by atoms with Crippen LogP contribution in [0.1, 0.15) is 35.5 Å². The van der Waals surface area contributed by atoms with Gasteiger partial charge in [-0.2, -0.15) is 0 Å². The molecule has 1 aromatic carbocycles. The standard InChI is InChI=1S/C21H22N6O2/c1-12-7-8-16(13(2)10-12)14(3)23-18(28)11-26-17-6-5-9-22-19(17)27-15(4)24-25-20(27)21(26)29/h5-10,14H,11H2,1-4H3,(H,23,28)/t14-/m1/s1. The van der Waals surface area contributed by atoms with Gasteiger partial charge in [-0.15, -0.1) is 10.2 Å². The summed E-state index contributed by atoms with van der Waals surface area (Å²) in [5, 5.41) is 11.0. The van der Waals surface area contributed by atoms with Crippen molar-refractivity contribution < 1.29 is 4.79 Å². The minimum atomic E-state index is -0.375. The molecule has 4 rings (SSSR count). The minimum absolute atomic E-state index is 0.126. The number of aryl methyl sites for hydroxylation is 3. The van der Waals surface area contributed by atoms with Crippen LogP contribution in [0.2, 0.25) is 0 Å². The Bertz CT molecular complexity index is 1300. The van der Waals surface area contributed by atoms with Crippen LogP contribution in [0.25, 0.3) is 16.8 Å². The third-order valence-corrected chi connectivity index (χ3v) is 5.10. The largest absolute Gasteiger partial charge is 0.348 e. The maximum absolute atomic E-state index is 13.0. The number of aromatic nitrogens is 5. The van der Waals surface area contributed by atoms with E-state index in [1.807, 2.05) is 32.9 Å². The molecule has 0 bridgehead atoms. The van der Waals surface area contributed by atoms with Gasteiger partial charge in [-0.05, 0) is 51.0 Å². The van der Waals surface area contributed by atoms with Crippen LogP contribution in [0.5, 0.6) is 0 Å². The summed E-state index contributed by atoms with van der Waals surface area (Å²) in [5.74, 6) is 0.311. The number of pyridine rings is 1. The number of fused-ring (bicyclic) bond motifs is 3. The second-order valence-corrected chi connectivity index (χ2v) is 7.29. The zero-order valence-corrected chi connectivity index (χ0v) is 16.8. The quantitative estimate of drug-likeness (QED) is 0.577. The van der Waals surface area contributed by atoms with Crippen LogP contribution in [0, 0.1) is 20.8 Å². The highest BCUT2D eigenvalue weighted by molar-refractivity contribution is 5.80. The van der Waals surface area contributed by atoms with Gasteiger partial charge in [-0.3, -0.25) is 18.6 Å². The third-order valence-electron chi connectivity index (χ3n) is 5.10. The summed E-state index contributed by atoms with van der Waals surface area (Å²) >= 11 is 0. The molecule has 8 heteroatoms. The van der Waals surface area contributed by atoms with E-state index < -0.39 is 0 Å². The highest BCUT2D eigenvalue weighted by Gasteiger charge is 2.18. The summed E-state index contributed by atoms with van der Waals surface area (Å²) in [6, 6.07) is 9.46. The lowest BCUT2D eigenvalue weighted by Crippen LogP contribution is -2.35. The van der Waals surface area contributed by atoms with Gasteiger partial charge in [0.2, 0.25) is 11.6 Å². The van der Waals surface area contributed by atoms with E-state index in [1.165, 1.54) is 10.1 Å². The van der Waals surface area contributed by atoms with E-state index in [0.717, 1.165) is 11.1 Å². The Labute approximate surface area is 167 Å². The van der Waals surface area contributed by atoms with E-state index in [-0.39, 0.29) is 29.7 Å². The Balaban J connectivity index is 1.69. The lowest BCUT2D eigenvalue weighted by atomic mass is 10.0. The molecule has 0 unspecified atom stereocenters. The van der Waals surface area contributed by atoms with Gasteiger partial charge < -0.3 is 5.32 Å². The molecule has 1 atom stereocenters. The van der Waals surface area contributed by atoms with Crippen molar-refractivity contribution in [2.24, 2.45) is 0 Å². The molecule has 0 fully saturated rings. The molecule has 1 amide bonds. The van der Waals surface area contributed by atoms with E-state index in [4.69, 9.17) is 0 Å².